The fraction of sp³-hybridized carbons (Fsp3) is 0.407. The number of fused-ring (bicyclic) bond motifs is 2. The maximum absolute atomic E-state index is 13.4. The summed E-state index contributed by atoms with van der Waals surface area (Å²) in [4.78, 5) is 39.5. The number of aromatic nitrogens is 2. The first-order chi connectivity index (χ1) is 18.0. The van der Waals surface area contributed by atoms with Crippen molar-refractivity contribution in [2.24, 2.45) is 5.92 Å². The van der Waals surface area contributed by atoms with Gasteiger partial charge in [-0.05, 0) is 42.5 Å². The number of furan rings is 1. The lowest BCUT2D eigenvalue weighted by Gasteiger charge is -2.28. The first kappa shape index (κ1) is 23.5. The Balaban J connectivity index is 1.14. The van der Waals surface area contributed by atoms with Crippen LogP contribution in [0.5, 0.6) is 0 Å². The van der Waals surface area contributed by atoms with Crippen LogP contribution in [0.1, 0.15) is 55.8 Å². The van der Waals surface area contributed by atoms with Gasteiger partial charge in [-0.25, -0.2) is 9.69 Å². The van der Waals surface area contributed by atoms with Crippen LogP contribution in [0.2, 0.25) is 0 Å². The van der Waals surface area contributed by atoms with Gasteiger partial charge in [-0.1, -0.05) is 31.2 Å². The summed E-state index contributed by atoms with van der Waals surface area (Å²) in [5, 5.41) is 14.3. The SMILES string of the molecule is C[C@H](CC(=O)Nc1cc(-c2ccco2)nn1C1CC1)C(=O)N[C@@H]1C(=O)N2CCCN2Cc2ccccc21. The van der Waals surface area contributed by atoms with Crippen LogP contribution in [0, 0.1) is 5.92 Å². The van der Waals surface area contributed by atoms with E-state index in [-0.39, 0.29) is 30.2 Å². The van der Waals surface area contributed by atoms with E-state index in [4.69, 9.17) is 4.42 Å². The summed E-state index contributed by atoms with van der Waals surface area (Å²) in [6.07, 6.45) is 4.49. The van der Waals surface area contributed by atoms with Crippen LogP contribution in [0.4, 0.5) is 5.82 Å². The monoisotopic (exact) mass is 502 g/mol. The van der Waals surface area contributed by atoms with E-state index in [9.17, 15) is 14.4 Å². The maximum atomic E-state index is 13.4. The molecule has 3 amide bonds. The Morgan fingerprint density at radius 2 is 2.00 bits per heavy atom. The summed E-state index contributed by atoms with van der Waals surface area (Å²) in [6.45, 7) is 3.81. The third kappa shape index (κ3) is 4.64. The highest BCUT2D eigenvalue weighted by Crippen LogP contribution is 2.38. The number of carbonyl (C=O) groups is 3. The third-order valence-corrected chi connectivity index (χ3v) is 7.24. The average molecular weight is 503 g/mol. The quantitative estimate of drug-likeness (QED) is 0.513. The normalized spacial score (nSPS) is 20.2. The van der Waals surface area contributed by atoms with Gasteiger partial charge in [0.05, 0.1) is 12.3 Å². The summed E-state index contributed by atoms with van der Waals surface area (Å²) in [6, 6.07) is 12.6. The summed E-state index contributed by atoms with van der Waals surface area (Å²) in [5.74, 6) is -0.149. The first-order valence-electron chi connectivity index (χ1n) is 12.9. The van der Waals surface area contributed by atoms with E-state index in [0.717, 1.165) is 36.9 Å². The summed E-state index contributed by atoms with van der Waals surface area (Å²) < 4.78 is 7.28. The van der Waals surface area contributed by atoms with E-state index in [1.54, 1.807) is 30.3 Å². The van der Waals surface area contributed by atoms with Crippen molar-refractivity contribution >= 4 is 23.5 Å². The number of hydrogen-bond acceptors (Lipinski definition) is 6. The Labute approximate surface area is 214 Å². The molecule has 0 unspecified atom stereocenters. The zero-order valence-electron chi connectivity index (χ0n) is 20.7. The molecule has 0 radical (unpaired) electrons. The van der Waals surface area contributed by atoms with E-state index in [1.807, 2.05) is 40.0 Å². The van der Waals surface area contributed by atoms with E-state index in [1.165, 1.54) is 0 Å². The number of hydrazine groups is 1. The molecule has 2 atom stereocenters. The molecule has 10 heteroatoms. The van der Waals surface area contributed by atoms with Gasteiger partial charge < -0.3 is 15.1 Å². The summed E-state index contributed by atoms with van der Waals surface area (Å²) in [5.41, 5.74) is 2.49. The molecule has 1 aromatic carbocycles. The molecule has 10 nitrogen and oxygen atoms in total. The smallest absolute Gasteiger partial charge is 0.264 e. The van der Waals surface area contributed by atoms with Crippen molar-refractivity contribution < 1.29 is 18.8 Å². The average Bonchev–Trinajstić information content (AvgIpc) is 3.26. The van der Waals surface area contributed by atoms with E-state index in [2.05, 4.69) is 15.7 Å². The molecule has 2 aromatic heterocycles. The fourth-order valence-electron chi connectivity index (χ4n) is 5.14. The summed E-state index contributed by atoms with van der Waals surface area (Å²) in [7, 11) is 0. The number of carbonyl (C=O) groups excluding carboxylic acids is 3. The molecule has 4 heterocycles. The molecule has 0 spiro atoms. The van der Waals surface area contributed by atoms with Gasteiger partial charge in [-0.3, -0.25) is 19.4 Å². The molecule has 2 aliphatic heterocycles. The molecular weight excluding hydrogens is 472 g/mol. The number of amides is 3. The molecule has 1 saturated carbocycles. The predicted octanol–water partition coefficient (Wildman–Crippen LogP) is 3.26. The standard InChI is InChI=1S/C27H30N6O4/c1-17(14-24(34)28-23-15-21(22-8-4-13-37-22)30-33(23)19-9-10-19)26(35)29-25-20-7-3-2-6-18(20)16-31-11-5-12-32(31)27(25)36/h2-4,6-8,13,15,17,19,25H,5,9-12,14,16H2,1H3,(H,28,34)(H,29,35)/t17-,25+/m1/s1. The van der Waals surface area contributed by atoms with E-state index >= 15 is 0 Å². The Bertz CT molecular complexity index is 1330. The maximum Gasteiger partial charge on any atom is 0.264 e. The third-order valence-electron chi connectivity index (χ3n) is 7.24. The van der Waals surface area contributed by atoms with Crippen LogP contribution in [-0.4, -0.2) is 50.6 Å². The minimum absolute atomic E-state index is 0.0177. The molecular formula is C27H30N6O4. The van der Waals surface area contributed by atoms with Gasteiger partial charge in [0.2, 0.25) is 11.8 Å². The Hall–Kier alpha value is -3.92. The van der Waals surface area contributed by atoms with Crippen LogP contribution >= 0.6 is 0 Å². The number of hydrogen-bond donors (Lipinski definition) is 2. The van der Waals surface area contributed by atoms with E-state index in [0.29, 0.717) is 30.4 Å². The van der Waals surface area contributed by atoms with Crippen LogP contribution in [-0.2, 0) is 20.9 Å². The highest BCUT2D eigenvalue weighted by atomic mass is 16.3. The second kappa shape index (κ2) is 9.51. The van der Waals surface area contributed by atoms with E-state index < -0.39 is 12.0 Å². The van der Waals surface area contributed by atoms with Gasteiger partial charge in [-0.2, -0.15) is 5.10 Å². The van der Waals surface area contributed by atoms with Gasteiger partial charge in [0.15, 0.2) is 5.76 Å². The largest absolute Gasteiger partial charge is 0.463 e. The van der Waals surface area contributed by atoms with Gasteiger partial charge >= 0.3 is 0 Å². The second-order valence-corrected chi connectivity index (χ2v) is 10.1. The molecule has 1 aliphatic carbocycles. The first-order valence-corrected chi connectivity index (χ1v) is 12.9. The molecule has 2 fully saturated rings. The number of nitrogens with one attached hydrogen (secondary N) is 2. The lowest BCUT2D eigenvalue weighted by molar-refractivity contribution is -0.148. The molecule has 37 heavy (non-hydrogen) atoms. The molecule has 1 saturated heterocycles. The molecule has 3 aromatic rings. The molecule has 192 valence electrons. The Morgan fingerprint density at radius 1 is 1.16 bits per heavy atom. The van der Waals surface area contributed by atoms with Crippen LogP contribution in [0.25, 0.3) is 11.5 Å². The minimum Gasteiger partial charge on any atom is -0.463 e. The lowest BCUT2D eigenvalue weighted by Crippen LogP contribution is -2.46. The van der Waals surface area contributed by atoms with Crippen molar-refractivity contribution in [2.75, 3.05) is 18.4 Å². The van der Waals surface area contributed by atoms with Crippen molar-refractivity contribution in [2.45, 2.75) is 51.2 Å². The van der Waals surface area contributed by atoms with Crippen LogP contribution < -0.4 is 10.6 Å². The van der Waals surface area contributed by atoms with Gasteiger partial charge in [0.25, 0.3) is 5.91 Å². The van der Waals surface area contributed by atoms with Crippen molar-refractivity contribution in [1.29, 1.82) is 0 Å². The number of nitrogens with zero attached hydrogens (tertiary/aromatic N) is 4. The highest BCUT2D eigenvalue weighted by molar-refractivity contribution is 5.95. The predicted molar refractivity (Wildman–Crippen MR) is 135 cm³/mol. The second-order valence-electron chi connectivity index (χ2n) is 10.1. The van der Waals surface area contributed by atoms with Crippen LogP contribution in [0.3, 0.4) is 0 Å². The zero-order chi connectivity index (χ0) is 25.5. The topological polar surface area (TPSA) is 113 Å². The summed E-state index contributed by atoms with van der Waals surface area (Å²) >= 11 is 0. The number of benzene rings is 1. The number of anilines is 1. The van der Waals surface area contributed by atoms with Crippen molar-refractivity contribution in [1.82, 2.24) is 25.1 Å². The molecule has 0 bridgehead atoms. The van der Waals surface area contributed by atoms with Crippen molar-refractivity contribution in [3.63, 3.8) is 0 Å². The lowest BCUT2D eigenvalue weighted by atomic mass is 9.98. The van der Waals surface area contributed by atoms with Gasteiger partial charge in [0.1, 0.15) is 17.6 Å². The Morgan fingerprint density at radius 3 is 2.78 bits per heavy atom. The van der Waals surface area contributed by atoms with Crippen molar-refractivity contribution in [3.05, 3.63) is 59.9 Å². The fourth-order valence-corrected chi connectivity index (χ4v) is 5.14. The zero-order valence-corrected chi connectivity index (χ0v) is 20.7. The van der Waals surface area contributed by atoms with Gasteiger partial charge in [0, 0.05) is 38.0 Å². The van der Waals surface area contributed by atoms with Crippen molar-refractivity contribution in [3.8, 4) is 11.5 Å². The molecule has 3 aliphatic rings. The highest BCUT2D eigenvalue weighted by Gasteiger charge is 2.38. The molecule has 6 rings (SSSR count). The van der Waals surface area contributed by atoms with Crippen LogP contribution in [0.15, 0.2) is 53.1 Å². The number of rotatable bonds is 7. The Kier molecular flexibility index (Phi) is 6.03. The molecule has 2 N–H and O–H groups in total. The minimum atomic E-state index is -0.774. The van der Waals surface area contributed by atoms with Gasteiger partial charge in [-0.15, -0.1) is 0 Å².